The Bertz CT molecular complexity index is 634. The molecule has 0 fully saturated rings. The maximum Gasteiger partial charge on any atom is 0.227 e. The fourth-order valence-corrected chi connectivity index (χ4v) is 2.36. The standard InChI is InChI=1S/C14H14ClN3O2/c15-14-17-12(11-5-2-6-20-13(11)18-14)16-8-9-3-1-4-10(19)7-9/h1,3-4,7,19H,2,5-6,8H2,(H,16,17,18). The van der Waals surface area contributed by atoms with Gasteiger partial charge in [-0.15, -0.1) is 0 Å². The molecule has 0 radical (unpaired) electrons. The number of rotatable bonds is 3. The van der Waals surface area contributed by atoms with Crippen molar-refractivity contribution in [3.8, 4) is 11.6 Å². The van der Waals surface area contributed by atoms with Crippen LogP contribution in [0.15, 0.2) is 24.3 Å². The Balaban J connectivity index is 1.82. The SMILES string of the molecule is Oc1cccc(CNc2nc(Cl)nc3c2CCCO3)c1. The minimum absolute atomic E-state index is 0.170. The first-order valence-electron chi connectivity index (χ1n) is 6.43. The molecule has 0 aliphatic carbocycles. The predicted octanol–water partition coefficient (Wildman–Crippen LogP) is 2.77. The van der Waals surface area contributed by atoms with Crippen LogP contribution in [-0.4, -0.2) is 21.7 Å². The number of fused-ring (bicyclic) bond motifs is 1. The molecular formula is C14H14ClN3O2. The number of aromatic nitrogens is 2. The van der Waals surface area contributed by atoms with Gasteiger partial charge in [-0.3, -0.25) is 0 Å². The van der Waals surface area contributed by atoms with Crippen molar-refractivity contribution >= 4 is 17.4 Å². The van der Waals surface area contributed by atoms with Gasteiger partial charge in [0.15, 0.2) is 0 Å². The summed E-state index contributed by atoms with van der Waals surface area (Å²) in [5.41, 5.74) is 1.92. The highest BCUT2D eigenvalue weighted by atomic mass is 35.5. The minimum Gasteiger partial charge on any atom is -0.508 e. The molecule has 0 spiro atoms. The van der Waals surface area contributed by atoms with E-state index in [2.05, 4.69) is 15.3 Å². The Morgan fingerprint density at radius 2 is 2.25 bits per heavy atom. The van der Waals surface area contributed by atoms with Crippen molar-refractivity contribution in [1.82, 2.24) is 9.97 Å². The van der Waals surface area contributed by atoms with Crippen LogP contribution in [0.5, 0.6) is 11.6 Å². The van der Waals surface area contributed by atoms with Gasteiger partial charge in [-0.25, -0.2) is 4.98 Å². The molecular weight excluding hydrogens is 278 g/mol. The highest BCUT2D eigenvalue weighted by Gasteiger charge is 2.18. The highest BCUT2D eigenvalue weighted by Crippen LogP contribution is 2.29. The Kier molecular flexibility index (Phi) is 3.60. The summed E-state index contributed by atoms with van der Waals surface area (Å²) >= 11 is 5.91. The summed E-state index contributed by atoms with van der Waals surface area (Å²) in [6.07, 6.45) is 1.81. The van der Waals surface area contributed by atoms with Gasteiger partial charge in [0.05, 0.1) is 12.2 Å². The maximum absolute atomic E-state index is 9.45. The second-order valence-electron chi connectivity index (χ2n) is 4.60. The summed E-state index contributed by atoms with van der Waals surface area (Å²) in [6, 6.07) is 7.08. The number of ether oxygens (including phenoxy) is 1. The number of aromatic hydroxyl groups is 1. The van der Waals surface area contributed by atoms with Crippen LogP contribution in [0.1, 0.15) is 17.5 Å². The Labute approximate surface area is 121 Å². The quantitative estimate of drug-likeness (QED) is 0.851. The second-order valence-corrected chi connectivity index (χ2v) is 4.94. The Morgan fingerprint density at radius 3 is 3.10 bits per heavy atom. The average Bonchev–Trinajstić information content (AvgIpc) is 2.44. The zero-order valence-corrected chi connectivity index (χ0v) is 11.5. The third-order valence-electron chi connectivity index (χ3n) is 3.12. The largest absolute Gasteiger partial charge is 0.508 e. The molecule has 0 saturated carbocycles. The van der Waals surface area contributed by atoms with Crippen molar-refractivity contribution < 1.29 is 9.84 Å². The van der Waals surface area contributed by atoms with Gasteiger partial charge in [-0.2, -0.15) is 4.98 Å². The van der Waals surface area contributed by atoms with Crippen LogP contribution in [0.2, 0.25) is 5.28 Å². The van der Waals surface area contributed by atoms with Crippen molar-refractivity contribution in [3.63, 3.8) is 0 Å². The molecule has 3 rings (SSSR count). The van der Waals surface area contributed by atoms with Gasteiger partial charge in [0.1, 0.15) is 11.6 Å². The number of phenolic OH excluding ortho intramolecular Hbond substituents is 1. The molecule has 2 aromatic rings. The van der Waals surface area contributed by atoms with E-state index in [1.54, 1.807) is 18.2 Å². The van der Waals surface area contributed by atoms with Gasteiger partial charge in [0, 0.05) is 6.54 Å². The molecule has 1 aliphatic rings. The summed E-state index contributed by atoms with van der Waals surface area (Å²) in [7, 11) is 0. The van der Waals surface area contributed by atoms with E-state index in [0.717, 1.165) is 24.0 Å². The Hall–Kier alpha value is -2.01. The van der Waals surface area contributed by atoms with Crippen LogP contribution in [0.3, 0.4) is 0 Å². The van der Waals surface area contributed by atoms with E-state index in [0.29, 0.717) is 24.8 Å². The van der Waals surface area contributed by atoms with Crippen molar-refractivity contribution in [2.75, 3.05) is 11.9 Å². The zero-order valence-electron chi connectivity index (χ0n) is 10.8. The molecule has 2 heterocycles. The number of anilines is 1. The first-order valence-corrected chi connectivity index (χ1v) is 6.81. The topological polar surface area (TPSA) is 67.3 Å². The summed E-state index contributed by atoms with van der Waals surface area (Å²) in [5.74, 6) is 1.51. The maximum atomic E-state index is 9.45. The lowest BCUT2D eigenvalue weighted by molar-refractivity contribution is 0.276. The molecule has 0 saturated heterocycles. The Morgan fingerprint density at radius 1 is 1.35 bits per heavy atom. The molecule has 5 nitrogen and oxygen atoms in total. The molecule has 20 heavy (non-hydrogen) atoms. The van der Waals surface area contributed by atoms with Gasteiger partial charge >= 0.3 is 0 Å². The molecule has 0 atom stereocenters. The number of hydrogen-bond donors (Lipinski definition) is 2. The molecule has 1 aromatic heterocycles. The van der Waals surface area contributed by atoms with E-state index in [-0.39, 0.29) is 11.0 Å². The van der Waals surface area contributed by atoms with Crippen LogP contribution in [0.25, 0.3) is 0 Å². The molecule has 104 valence electrons. The summed E-state index contributed by atoms with van der Waals surface area (Å²) in [4.78, 5) is 8.32. The number of hydrogen-bond acceptors (Lipinski definition) is 5. The molecule has 2 N–H and O–H groups in total. The van der Waals surface area contributed by atoms with Crippen LogP contribution >= 0.6 is 11.6 Å². The third-order valence-corrected chi connectivity index (χ3v) is 3.29. The molecule has 1 aliphatic heterocycles. The fourth-order valence-electron chi connectivity index (χ4n) is 2.20. The molecule has 1 aromatic carbocycles. The van der Waals surface area contributed by atoms with Crippen molar-refractivity contribution in [2.45, 2.75) is 19.4 Å². The van der Waals surface area contributed by atoms with Crippen LogP contribution in [0, 0.1) is 0 Å². The lowest BCUT2D eigenvalue weighted by Gasteiger charge is -2.19. The lowest BCUT2D eigenvalue weighted by atomic mass is 10.1. The van der Waals surface area contributed by atoms with E-state index in [1.165, 1.54) is 0 Å². The fraction of sp³-hybridized carbons (Fsp3) is 0.286. The van der Waals surface area contributed by atoms with Gasteiger partial charge in [-0.1, -0.05) is 12.1 Å². The predicted molar refractivity (Wildman–Crippen MR) is 76.3 cm³/mol. The second kappa shape index (κ2) is 5.54. The van der Waals surface area contributed by atoms with E-state index < -0.39 is 0 Å². The normalized spacial score (nSPS) is 13.4. The van der Waals surface area contributed by atoms with Gasteiger partial charge < -0.3 is 15.2 Å². The van der Waals surface area contributed by atoms with Crippen LogP contribution < -0.4 is 10.1 Å². The van der Waals surface area contributed by atoms with Gasteiger partial charge in [0.25, 0.3) is 0 Å². The lowest BCUT2D eigenvalue weighted by Crippen LogP contribution is -2.14. The summed E-state index contributed by atoms with van der Waals surface area (Å²) in [6.45, 7) is 1.21. The zero-order chi connectivity index (χ0) is 13.9. The van der Waals surface area contributed by atoms with E-state index in [4.69, 9.17) is 16.3 Å². The third kappa shape index (κ3) is 2.77. The van der Waals surface area contributed by atoms with E-state index >= 15 is 0 Å². The number of benzene rings is 1. The average molecular weight is 292 g/mol. The van der Waals surface area contributed by atoms with Crippen molar-refractivity contribution in [1.29, 1.82) is 0 Å². The van der Waals surface area contributed by atoms with E-state index in [1.807, 2.05) is 6.07 Å². The van der Waals surface area contributed by atoms with Crippen molar-refractivity contribution in [2.24, 2.45) is 0 Å². The highest BCUT2D eigenvalue weighted by molar-refractivity contribution is 6.28. The molecule has 0 bridgehead atoms. The number of nitrogens with zero attached hydrogens (tertiary/aromatic N) is 2. The molecule has 0 unspecified atom stereocenters. The summed E-state index contributed by atoms with van der Waals surface area (Å²) < 4.78 is 5.50. The molecule has 6 heteroatoms. The number of phenols is 1. The minimum atomic E-state index is 0.170. The summed E-state index contributed by atoms with van der Waals surface area (Å²) in [5, 5.41) is 12.9. The van der Waals surface area contributed by atoms with Gasteiger partial charge in [-0.05, 0) is 42.1 Å². The van der Waals surface area contributed by atoms with Gasteiger partial charge in [0.2, 0.25) is 11.2 Å². The van der Waals surface area contributed by atoms with Crippen molar-refractivity contribution in [3.05, 3.63) is 40.7 Å². The van der Waals surface area contributed by atoms with Crippen LogP contribution in [0.4, 0.5) is 5.82 Å². The number of nitrogens with one attached hydrogen (secondary N) is 1. The van der Waals surface area contributed by atoms with E-state index in [9.17, 15) is 5.11 Å². The first-order chi connectivity index (χ1) is 9.72. The smallest absolute Gasteiger partial charge is 0.227 e. The molecule has 0 amide bonds. The number of halogens is 1. The van der Waals surface area contributed by atoms with Crippen LogP contribution in [-0.2, 0) is 13.0 Å². The monoisotopic (exact) mass is 291 g/mol. The first kappa shape index (κ1) is 13.0.